The molecule has 0 bridgehead atoms. The standard InChI is InChI=1S/C34H44NO7P/c1-33(2,3)41-43(39,42-34(4,5)6)22-24(20-23-14-8-7-9-15-23)30(31(36)37)35-32(38)40-21-29-27-18-12-10-16-25(27)26-17-11-13-19-28(26)29/h7-19,24,29-31,36-37H,20-22H2,1-6H3,(H,35,38)/t24-,30-/m0/s1. The Bertz CT molecular complexity index is 1360. The topological polar surface area (TPSA) is 114 Å². The van der Waals surface area contributed by atoms with E-state index in [9.17, 15) is 19.6 Å². The molecule has 43 heavy (non-hydrogen) atoms. The second kappa shape index (κ2) is 13.3. The first kappa shape index (κ1) is 32.9. The van der Waals surface area contributed by atoms with Crippen molar-refractivity contribution in [3.8, 4) is 11.1 Å². The third kappa shape index (κ3) is 9.01. The van der Waals surface area contributed by atoms with Crippen molar-refractivity contribution in [3.05, 3.63) is 95.6 Å². The van der Waals surface area contributed by atoms with Crippen molar-refractivity contribution in [1.29, 1.82) is 0 Å². The fourth-order valence-electron chi connectivity index (χ4n) is 5.65. The van der Waals surface area contributed by atoms with Gasteiger partial charge >= 0.3 is 13.7 Å². The van der Waals surface area contributed by atoms with Crippen LogP contribution in [0.5, 0.6) is 0 Å². The van der Waals surface area contributed by atoms with Gasteiger partial charge in [0, 0.05) is 5.92 Å². The van der Waals surface area contributed by atoms with Crippen molar-refractivity contribution in [1.82, 2.24) is 5.32 Å². The van der Waals surface area contributed by atoms with Crippen LogP contribution in [0.25, 0.3) is 11.1 Å². The Balaban J connectivity index is 1.57. The van der Waals surface area contributed by atoms with Crippen molar-refractivity contribution in [2.75, 3.05) is 12.8 Å². The average Bonchev–Trinajstić information content (AvgIpc) is 3.22. The van der Waals surface area contributed by atoms with E-state index in [4.69, 9.17) is 13.8 Å². The van der Waals surface area contributed by atoms with E-state index in [0.717, 1.165) is 27.8 Å². The minimum Gasteiger partial charge on any atom is -0.449 e. The Morgan fingerprint density at radius 3 is 1.79 bits per heavy atom. The van der Waals surface area contributed by atoms with Gasteiger partial charge in [-0.25, -0.2) is 4.79 Å². The molecule has 0 saturated heterocycles. The fraction of sp³-hybridized carbons (Fsp3) is 0.441. The third-order valence-corrected chi connectivity index (χ3v) is 9.65. The SMILES string of the molecule is CC(C)(C)OP(=O)(C[C@H](Cc1ccccc1)[C@H](NC(=O)OCC1c2ccccc2-c2ccccc21)C(O)O)OC(C)(C)C. The van der Waals surface area contributed by atoms with Gasteiger partial charge < -0.3 is 29.3 Å². The zero-order chi connectivity index (χ0) is 31.4. The van der Waals surface area contributed by atoms with Crippen molar-refractivity contribution < 1.29 is 33.4 Å². The van der Waals surface area contributed by atoms with Crippen molar-refractivity contribution in [2.45, 2.75) is 77.4 Å². The van der Waals surface area contributed by atoms with E-state index < -0.39 is 43.1 Å². The number of hydrogen-bond donors (Lipinski definition) is 3. The number of carbonyl (C=O) groups is 1. The molecule has 0 aromatic heterocycles. The van der Waals surface area contributed by atoms with Crippen LogP contribution in [-0.4, -0.2) is 52.6 Å². The smallest absolute Gasteiger partial charge is 0.407 e. The predicted octanol–water partition coefficient (Wildman–Crippen LogP) is 6.89. The maximum absolute atomic E-state index is 14.2. The predicted molar refractivity (Wildman–Crippen MR) is 168 cm³/mol. The van der Waals surface area contributed by atoms with Gasteiger partial charge in [-0.3, -0.25) is 4.57 Å². The van der Waals surface area contributed by atoms with Crippen LogP contribution in [-0.2, 0) is 24.8 Å². The van der Waals surface area contributed by atoms with E-state index >= 15 is 0 Å². The van der Waals surface area contributed by atoms with Crippen LogP contribution in [0, 0.1) is 5.92 Å². The van der Waals surface area contributed by atoms with Crippen LogP contribution in [0.15, 0.2) is 78.9 Å². The number of ether oxygens (including phenoxy) is 1. The summed E-state index contributed by atoms with van der Waals surface area (Å²) in [7, 11) is -3.81. The largest absolute Gasteiger partial charge is 0.449 e. The van der Waals surface area contributed by atoms with Crippen molar-refractivity contribution >= 4 is 13.7 Å². The number of carbonyl (C=O) groups excluding carboxylic acids is 1. The minimum absolute atomic E-state index is 0.0657. The van der Waals surface area contributed by atoms with Crippen LogP contribution in [0.1, 0.15) is 64.2 Å². The van der Waals surface area contributed by atoms with E-state index in [1.54, 1.807) is 41.5 Å². The highest BCUT2D eigenvalue weighted by Crippen LogP contribution is 2.56. The lowest BCUT2D eigenvalue weighted by molar-refractivity contribution is -0.0784. The molecule has 3 aromatic carbocycles. The summed E-state index contributed by atoms with van der Waals surface area (Å²) in [5.74, 6) is -0.894. The molecule has 0 heterocycles. The van der Waals surface area contributed by atoms with Gasteiger partial charge in [0.25, 0.3) is 0 Å². The van der Waals surface area contributed by atoms with Gasteiger partial charge in [-0.05, 0) is 81.7 Å². The molecule has 4 rings (SSSR count). The Morgan fingerprint density at radius 1 is 0.814 bits per heavy atom. The van der Waals surface area contributed by atoms with E-state index in [0.29, 0.717) is 0 Å². The maximum atomic E-state index is 14.2. The van der Waals surface area contributed by atoms with Crippen LogP contribution in [0.2, 0.25) is 0 Å². The van der Waals surface area contributed by atoms with Crippen molar-refractivity contribution in [3.63, 3.8) is 0 Å². The van der Waals surface area contributed by atoms with Gasteiger partial charge in [0.05, 0.1) is 23.4 Å². The van der Waals surface area contributed by atoms with E-state index in [2.05, 4.69) is 17.4 Å². The van der Waals surface area contributed by atoms with Gasteiger partial charge in [-0.1, -0.05) is 78.9 Å². The Morgan fingerprint density at radius 2 is 1.30 bits per heavy atom. The number of benzene rings is 3. The first-order valence-corrected chi connectivity index (χ1v) is 16.4. The molecule has 9 heteroatoms. The van der Waals surface area contributed by atoms with E-state index in [-0.39, 0.29) is 25.1 Å². The van der Waals surface area contributed by atoms with Crippen LogP contribution in [0.3, 0.4) is 0 Å². The molecular formula is C34H44NO7P. The van der Waals surface area contributed by atoms with Gasteiger partial charge in [-0.15, -0.1) is 0 Å². The number of nitrogens with one attached hydrogen (secondary N) is 1. The Labute approximate surface area is 254 Å². The highest BCUT2D eigenvalue weighted by Gasteiger charge is 2.42. The van der Waals surface area contributed by atoms with Gasteiger partial charge in [0.1, 0.15) is 6.61 Å². The molecule has 0 radical (unpaired) electrons. The lowest BCUT2D eigenvalue weighted by Gasteiger charge is -2.36. The summed E-state index contributed by atoms with van der Waals surface area (Å²) in [4.78, 5) is 13.2. The Kier molecular flexibility index (Phi) is 10.2. The zero-order valence-corrected chi connectivity index (χ0v) is 26.7. The highest BCUT2D eigenvalue weighted by atomic mass is 31.2. The second-order valence-corrected chi connectivity index (χ2v) is 15.0. The fourth-order valence-corrected chi connectivity index (χ4v) is 8.43. The molecule has 1 aliphatic rings. The Hall–Kier alpha value is -3.00. The summed E-state index contributed by atoms with van der Waals surface area (Å²) < 4.78 is 32.0. The van der Waals surface area contributed by atoms with Gasteiger partial charge in [0.2, 0.25) is 0 Å². The van der Waals surface area contributed by atoms with E-state index in [1.807, 2.05) is 66.7 Å². The number of hydrogen-bond acceptors (Lipinski definition) is 7. The summed E-state index contributed by atoms with van der Waals surface area (Å²) in [6.07, 6.45) is -2.66. The maximum Gasteiger partial charge on any atom is 0.407 e. The number of fused-ring (bicyclic) bond motifs is 3. The number of alkyl carbamates (subject to hydrolysis) is 1. The number of amides is 1. The summed E-state index contributed by atoms with van der Waals surface area (Å²) >= 11 is 0. The molecule has 0 spiro atoms. The average molecular weight is 610 g/mol. The lowest BCUT2D eigenvalue weighted by atomic mass is 9.93. The first-order chi connectivity index (χ1) is 20.1. The quantitative estimate of drug-likeness (QED) is 0.160. The summed E-state index contributed by atoms with van der Waals surface area (Å²) in [6, 6.07) is 24.2. The third-order valence-electron chi connectivity index (χ3n) is 7.08. The van der Waals surface area contributed by atoms with Crippen molar-refractivity contribution in [2.24, 2.45) is 5.92 Å². The van der Waals surface area contributed by atoms with E-state index in [1.165, 1.54) is 0 Å². The van der Waals surface area contributed by atoms with Crippen LogP contribution >= 0.6 is 7.60 Å². The molecule has 0 saturated carbocycles. The second-order valence-electron chi connectivity index (χ2n) is 13.1. The molecular weight excluding hydrogens is 565 g/mol. The molecule has 0 unspecified atom stereocenters. The summed E-state index contributed by atoms with van der Waals surface area (Å²) in [6.45, 7) is 10.8. The zero-order valence-electron chi connectivity index (χ0n) is 25.8. The van der Waals surface area contributed by atoms with Gasteiger partial charge in [0.15, 0.2) is 6.29 Å². The molecule has 1 amide bonds. The number of rotatable bonds is 11. The molecule has 3 N–H and O–H groups in total. The van der Waals surface area contributed by atoms with Gasteiger partial charge in [-0.2, -0.15) is 0 Å². The highest BCUT2D eigenvalue weighted by molar-refractivity contribution is 7.53. The van der Waals surface area contributed by atoms with Crippen LogP contribution < -0.4 is 5.32 Å². The minimum atomic E-state index is -3.81. The first-order valence-electron chi connectivity index (χ1n) is 14.7. The molecule has 0 aliphatic heterocycles. The molecule has 232 valence electrons. The molecule has 2 atom stereocenters. The number of aliphatic hydroxyl groups excluding tert-OH is 1. The van der Waals surface area contributed by atoms with Crippen LogP contribution in [0.4, 0.5) is 4.79 Å². The summed E-state index contributed by atoms with van der Waals surface area (Å²) in [5, 5.41) is 23.7. The molecule has 1 aliphatic carbocycles. The summed E-state index contributed by atoms with van der Waals surface area (Å²) in [5.41, 5.74) is 3.61. The monoisotopic (exact) mass is 609 g/mol. The normalized spacial score (nSPS) is 15.1. The molecule has 3 aromatic rings. The number of aliphatic hydroxyl groups is 2. The molecule has 8 nitrogen and oxygen atoms in total. The lowest BCUT2D eigenvalue weighted by Crippen LogP contribution is -2.50. The molecule has 0 fully saturated rings.